The third-order valence-electron chi connectivity index (χ3n) is 1.71. The van der Waals surface area contributed by atoms with Crippen LogP contribution in [0.3, 0.4) is 0 Å². The highest BCUT2D eigenvalue weighted by molar-refractivity contribution is 5.67. The van der Waals surface area contributed by atoms with Crippen LogP contribution in [0.5, 0.6) is 5.75 Å². The topological polar surface area (TPSA) is 47.6 Å². The lowest BCUT2D eigenvalue weighted by molar-refractivity contribution is 0.0520. The first-order valence-electron chi connectivity index (χ1n) is 5.54. The maximum absolute atomic E-state index is 11.3. The zero-order chi connectivity index (χ0) is 12.7. The van der Waals surface area contributed by atoms with Crippen LogP contribution < -0.4 is 10.1 Å². The second kappa shape index (κ2) is 6.13. The molecule has 1 amide bonds. The first-order valence-corrected chi connectivity index (χ1v) is 5.54. The first-order chi connectivity index (χ1) is 7.97. The summed E-state index contributed by atoms with van der Waals surface area (Å²) >= 11 is 0. The molecule has 1 aromatic rings. The molecule has 0 unspecified atom stereocenters. The van der Waals surface area contributed by atoms with Gasteiger partial charge in [-0.15, -0.1) is 0 Å². The normalized spacial score (nSPS) is 10.8. The van der Waals surface area contributed by atoms with Crippen molar-refractivity contribution in [1.29, 1.82) is 0 Å². The number of ether oxygens (including phenoxy) is 2. The molecule has 1 N–H and O–H groups in total. The van der Waals surface area contributed by atoms with Crippen molar-refractivity contribution < 1.29 is 14.3 Å². The van der Waals surface area contributed by atoms with Crippen LogP contribution in [0.2, 0.25) is 0 Å². The van der Waals surface area contributed by atoms with Crippen LogP contribution >= 0.6 is 0 Å². The smallest absolute Gasteiger partial charge is 0.407 e. The van der Waals surface area contributed by atoms with Crippen molar-refractivity contribution in [2.24, 2.45) is 0 Å². The van der Waals surface area contributed by atoms with Gasteiger partial charge >= 0.3 is 6.09 Å². The molecule has 0 saturated carbocycles. The maximum atomic E-state index is 11.3. The zero-order valence-corrected chi connectivity index (χ0v) is 10.4. The molecule has 0 aliphatic carbocycles. The third kappa shape index (κ3) is 6.45. The Labute approximate surface area is 102 Å². The molecule has 0 aromatic heterocycles. The van der Waals surface area contributed by atoms with E-state index in [0.717, 1.165) is 0 Å². The Morgan fingerprint density at radius 1 is 1.41 bits per heavy atom. The molecule has 4 nitrogen and oxygen atoms in total. The van der Waals surface area contributed by atoms with Crippen LogP contribution in [-0.4, -0.2) is 24.8 Å². The number of carbonyl (C=O) groups is 1. The van der Waals surface area contributed by atoms with Crippen LogP contribution in [-0.2, 0) is 4.74 Å². The van der Waals surface area contributed by atoms with Gasteiger partial charge in [0.25, 0.3) is 0 Å². The molecular weight excluding hydrogens is 218 g/mol. The van der Waals surface area contributed by atoms with E-state index < -0.39 is 11.7 Å². The first kappa shape index (κ1) is 13.4. The molecule has 0 atom stereocenters. The Hall–Kier alpha value is -1.71. The summed E-state index contributed by atoms with van der Waals surface area (Å²) in [6.45, 7) is 6.25. The average molecular weight is 236 g/mol. The largest absolute Gasteiger partial charge is 0.491 e. The fraction of sp³-hybridized carbons (Fsp3) is 0.462. The Balaban J connectivity index is 2.14. The Kier molecular flexibility index (Phi) is 4.82. The Morgan fingerprint density at radius 3 is 2.76 bits per heavy atom. The predicted octanol–water partition coefficient (Wildman–Crippen LogP) is 2.39. The highest BCUT2D eigenvalue weighted by Crippen LogP contribution is 2.07. The van der Waals surface area contributed by atoms with Gasteiger partial charge in [-0.2, -0.15) is 0 Å². The summed E-state index contributed by atoms with van der Waals surface area (Å²) < 4.78 is 10.4. The zero-order valence-electron chi connectivity index (χ0n) is 10.4. The summed E-state index contributed by atoms with van der Waals surface area (Å²) in [5, 5.41) is 2.61. The monoisotopic (exact) mass is 236 g/mol. The molecule has 93 valence electrons. The van der Waals surface area contributed by atoms with Crippen molar-refractivity contribution in [1.82, 2.24) is 5.32 Å². The molecule has 17 heavy (non-hydrogen) atoms. The fourth-order valence-electron chi connectivity index (χ4n) is 1.09. The van der Waals surface area contributed by atoms with Crippen molar-refractivity contribution in [2.45, 2.75) is 26.4 Å². The molecule has 0 aliphatic heterocycles. The standard InChI is InChI=1S/C13H18NO3/c1-13(2,3)17-12(15)14-9-10-16-11-7-5-4-6-8-11/h4-7H,9-10H2,1-3H3,(H,14,15). The van der Waals surface area contributed by atoms with E-state index in [1.54, 1.807) is 6.07 Å². The van der Waals surface area contributed by atoms with Crippen LogP contribution in [0.1, 0.15) is 20.8 Å². The van der Waals surface area contributed by atoms with Crippen molar-refractivity contribution in [2.75, 3.05) is 13.2 Å². The van der Waals surface area contributed by atoms with Gasteiger partial charge in [0.05, 0.1) is 6.54 Å². The second-order valence-corrected chi connectivity index (χ2v) is 4.50. The molecule has 0 heterocycles. The molecule has 0 fully saturated rings. The molecule has 1 radical (unpaired) electrons. The molecule has 0 spiro atoms. The minimum atomic E-state index is -0.474. The third-order valence-corrected chi connectivity index (χ3v) is 1.71. The van der Waals surface area contributed by atoms with Gasteiger partial charge in [-0.1, -0.05) is 18.2 Å². The van der Waals surface area contributed by atoms with Crippen molar-refractivity contribution >= 4 is 6.09 Å². The van der Waals surface area contributed by atoms with Gasteiger partial charge < -0.3 is 14.8 Å². The lowest BCUT2D eigenvalue weighted by Crippen LogP contribution is -2.34. The summed E-state index contributed by atoms with van der Waals surface area (Å²) in [5.41, 5.74) is -0.474. The SMILES string of the molecule is CC(C)(C)OC(=O)NCCOc1[c]cccc1. The van der Waals surface area contributed by atoms with Gasteiger partial charge in [-0.3, -0.25) is 0 Å². The summed E-state index contributed by atoms with van der Waals surface area (Å²) in [7, 11) is 0. The summed E-state index contributed by atoms with van der Waals surface area (Å²) in [5.74, 6) is 0.665. The number of carbonyl (C=O) groups excluding carboxylic acids is 1. The van der Waals surface area contributed by atoms with Gasteiger partial charge in [0.15, 0.2) is 0 Å². The number of rotatable bonds is 4. The summed E-state index contributed by atoms with van der Waals surface area (Å²) in [6.07, 6.45) is -0.432. The molecule has 1 aromatic carbocycles. The molecule has 4 heteroatoms. The fourth-order valence-corrected chi connectivity index (χ4v) is 1.09. The Morgan fingerprint density at radius 2 is 2.18 bits per heavy atom. The molecular formula is C13H18NO3. The summed E-state index contributed by atoms with van der Waals surface area (Å²) in [6, 6.07) is 10.3. The van der Waals surface area contributed by atoms with Gasteiger partial charge in [0, 0.05) is 6.07 Å². The number of alkyl carbamates (subject to hydrolysis) is 1. The van der Waals surface area contributed by atoms with Gasteiger partial charge in [0.2, 0.25) is 0 Å². The van der Waals surface area contributed by atoms with E-state index in [1.807, 2.05) is 39.0 Å². The average Bonchev–Trinajstić information content (AvgIpc) is 2.23. The van der Waals surface area contributed by atoms with Crippen molar-refractivity contribution in [3.05, 3.63) is 30.3 Å². The highest BCUT2D eigenvalue weighted by atomic mass is 16.6. The van der Waals surface area contributed by atoms with Crippen molar-refractivity contribution in [3.63, 3.8) is 0 Å². The van der Waals surface area contributed by atoms with Gasteiger partial charge in [0.1, 0.15) is 18.0 Å². The lowest BCUT2D eigenvalue weighted by Gasteiger charge is -2.19. The van der Waals surface area contributed by atoms with E-state index in [4.69, 9.17) is 9.47 Å². The number of hydrogen-bond donors (Lipinski definition) is 1. The predicted molar refractivity (Wildman–Crippen MR) is 65.0 cm³/mol. The van der Waals surface area contributed by atoms with Crippen LogP contribution in [0, 0.1) is 6.07 Å². The second-order valence-electron chi connectivity index (χ2n) is 4.50. The van der Waals surface area contributed by atoms with Crippen molar-refractivity contribution in [3.8, 4) is 5.75 Å². The van der Waals surface area contributed by atoms with Gasteiger partial charge in [-0.25, -0.2) is 4.79 Å². The number of benzene rings is 1. The molecule has 0 bridgehead atoms. The minimum absolute atomic E-state index is 0.389. The van der Waals surface area contributed by atoms with E-state index in [9.17, 15) is 4.79 Å². The van der Waals surface area contributed by atoms with E-state index in [2.05, 4.69) is 11.4 Å². The van der Waals surface area contributed by atoms with E-state index in [-0.39, 0.29) is 0 Å². The van der Waals surface area contributed by atoms with E-state index >= 15 is 0 Å². The number of amides is 1. The minimum Gasteiger partial charge on any atom is -0.491 e. The van der Waals surface area contributed by atoms with Gasteiger partial charge in [-0.05, 0) is 26.8 Å². The van der Waals surface area contributed by atoms with Crippen LogP contribution in [0.25, 0.3) is 0 Å². The van der Waals surface area contributed by atoms with Crippen LogP contribution in [0.4, 0.5) is 4.79 Å². The molecule has 0 saturated heterocycles. The molecule has 1 rings (SSSR count). The Bertz CT molecular complexity index is 343. The maximum Gasteiger partial charge on any atom is 0.407 e. The van der Waals surface area contributed by atoms with E-state index in [1.165, 1.54) is 0 Å². The highest BCUT2D eigenvalue weighted by Gasteiger charge is 2.15. The summed E-state index contributed by atoms with van der Waals surface area (Å²) in [4.78, 5) is 11.3. The van der Waals surface area contributed by atoms with E-state index in [0.29, 0.717) is 18.9 Å². The number of nitrogens with one attached hydrogen (secondary N) is 1. The quantitative estimate of drug-likeness (QED) is 0.816. The number of hydrogen-bond acceptors (Lipinski definition) is 3. The number of para-hydroxylation sites is 1. The lowest BCUT2D eigenvalue weighted by atomic mass is 10.2. The van der Waals surface area contributed by atoms with Crippen LogP contribution in [0.15, 0.2) is 24.3 Å². The molecule has 0 aliphatic rings.